The first-order chi connectivity index (χ1) is 13.9. The molecule has 0 saturated carbocycles. The Morgan fingerprint density at radius 3 is 2.10 bits per heavy atom. The molecule has 0 saturated heterocycles. The third-order valence-corrected chi connectivity index (χ3v) is 5.61. The number of carbonyl (C=O) groups is 1. The van der Waals surface area contributed by atoms with Crippen LogP contribution in [0.2, 0.25) is 5.02 Å². The highest BCUT2D eigenvalue weighted by Crippen LogP contribution is 2.27. The molecule has 0 aliphatic heterocycles. The Labute approximate surface area is 177 Å². The number of aryl methyl sites for hydroxylation is 3. The summed E-state index contributed by atoms with van der Waals surface area (Å²) in [5.41, 5.74) is 5.07. The van der Waals surface area contributed by atoms with E-state index in [1.807, 2.05) is 74.5 Å². The van der Waals surface area contributed by atoms with Gasteiger partial charge in [-0.15, -0.1) is 0 Å². The molecule has 1 N–H and O–H groups in total. The Morgan fingerprint density at radius 1 is 0.897 bits per heavy atom. The summed E-state index contributed by atoms with van der Waals surface area (Å²) in [4.78, 5) is 13.0. The van der Waals surface area contributed by atoms with Crippen LogP contribution >= 0.6 is 11.6 Å². The van der Waals surface area contributed by atoms with E-state index in [4.69, 9.17) is 16.3 Å². The van der Waals surface area contributed by atoms with Gasteiger partial charge in [-0.3, -0.25) is 4.79 Å². The molecule has 3 rings (SSSR count). The van der Waals surface area contributed by atoms with E-state index in [2.05, 4.69) is 18.3 Å². The van der Waals surface area contributed by atoms with Gasteiger partial charge in [-0.25, -0.2) is 0 Å². The van der Waals surface area contributed by atoms with Crippen LogP contribution in [0.3, 0.4) is 0 Å². The van der Waals surface area contributed by atoms with E-state index in [0.29, 0.717) is 5.75 Å². The summed E-state index contributed by atoms with van der Waals surface area (Å²) < 4.78 is 5.92. The Bertz CT molecular complexity index is 978. The molecular weight excluding hydrogens is 382 g/mol. The molecule has 0 fully saturated rings. The number of benzene rings is 3. The standard InChI is InChI=1S/C25H26ClNO2/c1-16-10-8-9-13-22(16)24(20-11-6-5-7-12-20)27-25(28)19(4)29-21-14-17(2)23(26)18(3)15-21/h5-15,19,24H,1-4H3,(H,27,28)/t19-,24+/m1/s1. The third kappa shape index (κ3) is 4.99. The second-order valence-corrected chi connectivity index (χ2v) is 7.72. The van der Waals surface area contributed by atoms with Gasteiger partial charge >= 0.3 is 0 Å². The van der Waals surface area contributed by atoms with Crippen LogP contribution in [0.15, 0.2) is 66.7 Å². The molecule has 0 heterocycles. The van der Waals surface area contributed by atoms with Crippen molar-refractivity contribution in [1.29, 1.82) is 0 Å². The average Bonchev–Trinajstić information content (AvgIpc) is 2.71. The number of nitrogens with one attached hydrogen (secondary N) is 1. The molecule has 0 radical (unpaired) electrons. The minimum atomic E-state index is -0.648. The second kappa shape index (κ2) is 9.15. The van der Waals surface area contributed by atoms with Crippen molar-refractivity contribution < 1.29 is 9.53 Å². The maximum absolute atomic E-state index is 13.0. The molecule has 3 aromatic rings. The van der Waals surface area contributed by atoms with Crippen molar-refractivity contribution in [1.82, 2.24) is 5.32 Å². The molecule has 0 bridgehead atoms. The van der Waals surface area contributed by atoms with Crippen LogP contribution in [-0.4, -0.2) is 12.0 Å². The topological polar surface area (TPSA) is 38.3 Å². The maximum atomic E-state index is 13.0. The smallest absolute Gasteiger partial charge is 0.261 e. The van der Waals surface area contributed by atoms with Gasteiger partial charge in [0.25, 0.3) is 5.91 Å². The van der Waals surface area contributed by atoms with Crippen LogP contribution in [0.4, 0.5) is 0 Å². The van der Waals surface area contributed by atoms with Gasteiger partial charge in [0, 0.05) is 5.02 Å². The van der Waals surface area contributed by atoms with Crippen LogP contribution in [-0.2, 0) is 4.79 Å². The lowest BCUT2D eigenvalue weighted by molar-refractivity contribution is -0.127. The number of hydrogen-bond donors (Lipinski definition) is 1. The van der Waals surface area contributed by atoms with Gasteiger partial charge < -0.3 is 10.1 Å². The highest BCUT2D eigenvalue weighted by atomic mass is 35.5. The van der Waals surface area contributed by atoms with E-state index >= 15 is 0 Å². The lowest BCUT2D eigenvalue weighted by atomic mass is 9.95. The summed E-state index contributed by atoms with van der Waals surface area (Å²) in [7, 11) is 0. The minimum Gasteiger partial charge on any atom is -0.481 e. The van der Waals surface area contributed by atoms with Gasteiger partial charge in [0.2, 0.25) is 0 Å². The fraction of sp³-hybridized carbons (Fsp3) is 0.240. The summed E-state index contributed by atoms with van der Waals surface area (Å²) in [5.74, 6) is 0.464. The summed E-state index contributed by atoms with van der Waals surface area (Å²) >= 11 is 6.23. The number of hydrogen-bond acceptors (Lipinski definition) is 2. The highest BCUT2D eigenvalue weighted by Gasteiger charge is 2.23. The van der Waals surface area contributed by atoms with Crippen LogP contribution < -0.4 is 10.1 Å². The van der Waals surface area contributed by atoms with Crippen molar-refractivity contribution in [3.05, 3.63) is 99.6 Å². The molecule has 3 aromatic carbocycles. The normalized spacial score (nSPS) is 12.9. The van der Waals surface area contributed by atoms with Crippen molar-refractivity contribution in [2.75, 3.05) is 0 Å². The number of rotatable bonds is 6. The van der Waals surface area contributed by atoms with Crippen molar-refractivity contribution in [2.24, 2.45) is 0 Å². The van der Waals surface area contributed by atoms with Crippen LogP contribution in [0.25, 0.3) is 0 Å². The number of ether oxygens (including phenoxy) is 1. The molecule has 150 valence electrons. The molecular formula is C25H26ClNO2. The fourth-order valence-corrected chi connectivity index (χ4v) is 3.50. The Balaban J connectivity index is 1.82. The van der Waals surface area contributed by atoms with Gasteiger partial charge in [0.05, 0.1) is 6.04 Å². The van der Waals surface area contributed by atoms with Crippen molar-refractivity contribution in [3.8, 4) is 5.75 Å². The fourth-order valence-electron chi connectivity index (χ4n) is 3.39. The van der Waals surface area contributed by atoms with Gasteiger partial charge in [0.1, 0.15) is 5.75 Å². The van der Waals surface area contributed by atoms with Gasteiger partial charge in [-0.1, -0.05) is 66.2 Å². The summed E-state index contributed by atoms with van der Waals surface area (Å²) in [5, 5.41) is 3.88. The summed E-state index contributed by atoms with van der Waals surface area (Å²) in [6.45, 7) is 7.66. The van der Waals surface area contributed by atoms with Gasteiger partial charge in [-0.05, 0) is 67.6 Å². The summed E-state index contributed by atoms with van der Waals surface area (Å²) in [6.07, 6.45) is -0.648. The van der Waals surface area contributed by atoms with Crippen LogP contribution in [0.1, 0.15) is 40.8 Å². The van der Waals surface area contributed by atoms with E-state index in [-0.39, 0.29) is 11.9 Å². The van der Waals surface area contributed by atoms with Crippen molar-refractivity contribution in [3.63, 3.8) is 0 Å². The second-order valence-electron chi connectivity index (χ2n) is 7.34. The van der Waals surface area contributed by atoms with Crippen LogP contribution in [0.5, 0.6) is 5.75 Å². The van der Waals surface area contributed by atoms with Crippen LogP contribution in [0, 0.1) is 20.8 Å². The molecule has 0 aliphatic rings. The highest BCUT2D eigenvalue weighted by molar-refractivity contribution is 6.32. The zero-order chi connectivity index (χ0) is 21.0. The van der Waals surface area contributed by atoms with Gasteiger partial charge in [-0.2, -0.15) is 0 Å². The molecule has 0 spiro atoms. The monoisotopic (exact) mass is 407 g/mol. The Kier molecular flexibility index (Phi) is 6.60. The van der Waals surface area contributed by atoms with Crippen molar-refractivity contribution >= 4 is 17.5 Å². The molecule has 29 heavy (non-hydrogen) atoms. The van der Waals surface area contributed by atoms with E-state index in [0.717, 1.165) is 32.8 Å². The SMILES string of the molecule is Cc1ccccc1[C@@H](NC(=O)[C@@H](C)Oc1cc(C)c(Cl)c(C)c1)c1ccccc1. The van der Waals surface area contributed by atoms with E-state index in [1.54, 1.807) is 6.92 Å². The van der Waals surface area contributed by atoms with E-state index in [9.17, 15) is 4.79 Å². The van der Waals surface area contributed by atoms with Gasteiger partial charge in [0.15, 0.2) is 6.10 Å². The Hall–Kier alpha value is -2.78. The number of amides is 1. The predicted molar refractivity (Wildman–Crippen MR) is 119 cm³/mol. The predicted octanol–water partition coefficient (Wildman–Crippen LogP) is 5.94. The maximum Gasteiger partial charge on any atom is 0.261 e. The lowest BCUT2D eigenvalue weighted by Crippen LogP contribution is -2.39. The quantitative estimate of drug-likeness (QED) is 0.549. The molecule has 2 atom stereocenters. The minimum absolute atomic E-state index is 0.174. The zero-order valence-corrected chi connectivity index (χ0v) is 18.0. The molecule has 4 heteroatoms. The summed E-state index contributed by atoms with van der Waals surface area (Å²) in [6, 6.07) is 21.5. The third-order valence-electron chi connectivity index (χ3n) is 5.01. The van der Waals surface area contributed by atoms with E-state index < -0.39 is 6.10 Å². The largest absolute Gasteiger partial charge is 0.481 e. The van der Waals surface area contributed by atoms with Crippen molar-refractivity contribution in [2.45, 2.75) is 39.8 Å². The molecule has 1 amide bonds. The first-order valence-electron chi connectivity index (χ1n) is 9.71. The molecule has 0 unspecified atom stereocenters. The zero-order valence-electron chi connectivity index (χ0n) is 17.2. The number of halogens is 1. The van der Waals surface area contributed by atoms with E-state index in [1.165, 1.54) is 0 Å². The Morgan fingerprint density at radius 2 is 1.48 bits per heavy atom. The average molecular weight is 408 g/mol. The first kappa shape index (κ1) is 20.9. The number of carbonyl (C=O) groups excluding carboxylic acids is 1. The first-order valence-corrected chi connectivity index (χ1v) is 10.1. The molecule has 0 aliphatic carbocycles. The molecule has 3 nitrogen and oxygen atoms in total. The lowest BCUT2D eigenvalue weighted by Gasteiger charge is -2.24. The molecule has 0 aromatic heterocycles.